The summed E-state index contributed by atoms with van der Waals surface area (Å²) < 4.78 is 33.8. The number of nitrogens with two attached hydrogens (primary N) is 1. The van der Waals surface area contributed by atoms with Crippen LogP contribution in [0.1, 0.15) is 23.6 Å². The molecule has 5 rings (SSSR count). The molecule has 2 atom stereocenters. The summed E-state index contributed by atoms with van der Waals surface area (Å²) in [6, 6.07) is 11.7. The van der Waals surface area contributed by atoms with E-state index >= 15 is 0 Å². The first-order valence-electron chi connectivity index (χ1n) is 9.38. The first kappa shape index (κ1) is 18.1. The molecule has 0 saturated heterocycles. The summed E-state index contributed by atoms with van der Waals surface area (Å²) in [5, 5.41) is 0.781. The Morgan fingerprint density at radius 1 is 1.14 bits per heavy atom. The largest absolute Gasteiger partial charge is 0.445 e. The summed E-state index contributed by atoms with van der Waals surface area (Å²) in [5.74, 6) is -0.396. The minimum Gasteiger partial charge on any atom is -0.445 e. The van der Waals surface area contributed by atoms with E-state index in [1.54, 1.807) is 55.6 Å². The number of ether oxygens (including phenoxy) is 1. The van der Waals surface area contributed by atoms with Crippen LogP contribution in [0, 0.1) is 6.92 Å². The van der Waals surface area contributed by atoms with Crippen molar-refractivity contribution in [3.63, 3.8) is 0 Å². The summed E-state index contributed by atoms with van der Waals surface area (Å²) >= 11 is 0. The lowest BCUT2D eigenvalue weighted by molar-refractivity contribution is -0.149. The summed E-state index contributed by atoms with van der Waals surface area (Å²) in [5.41, 5.74) is 9.00. The van der Waals surface area contributed by atoms with E-state index in [1.807, 2.05) is 13.0 Å². The average molecular weight is 408 g/mol. The van der Waals surface area contributed by atoms with Gasteiger partial charge in [-0.1, -0.05) is 29.8 Å². The SMILES string of the molecule is CC1=C[C@]2(OC1=O)c1cccc3c1c(cn3S(=O)(=O)c1ccc(C)cc1)C[C@@H]2N. The zero-order valence-corrected chi connectivity index (χ0v) is 16.9. The lowest BCUT2D eigenvalue weighted by atomic mass is 9.76. The number of aryl methyl sites for hydroxylation is 1. The predicted molar refractivity (Wildman–Crippen MR) is 109 cm³/mol. The van der Waals surface area contributed by atoms with Crippen LogP contribution in [-0.4, -0.2) is 24.4 Å². The summed E-state index contributed by atoms with van der Waals surface area (Å²) in [6.45, 7) is 3.61. The second-order valence-corrected chi connectivity index (χ2v) is 9.60. The molecule has 0 radical (unpaired) electrons. The zero-order valence-electron chi connectivity index (χ0n) is 16.0. The van der Waals surface area contributed by atoms with Crippen molar-refractivity contribution in [3.05, 3.63) is 77.0 Å². The van der Waals surface area contributed by atoms with Gasteiger partial charge >= 0.3 is 5.97 Å². The van der Waals surface area contributed by atoms with Gasteiger partial charge in [-0.15, -0.1) is 0 Å². The van der Waals surface area contributed by atoms with Crippen molar-refractivity contribution in [1.82, 2.24) is 3.97 Å². The van der Waals surface area contributed by atoms with E-state index < -0.39 is 27.6 Å². The Morgan fingerprint density at radius 2 is 1.86 bits per heavy atom. The molecule has 1 aliphatic heterocycles. The molecule has 29 heavy (non-hydrogen) atoms. The maximum Gasteiger partial charge on any atom is 0.334 e. The topological polar surface area (TPSA) is 91.4 Å². The molecule has 0 fully saturated rings. The molecule has 0 saturated carbocycles. The first-order valence-corrected chi connectivity index (χ1v) is 10.8. The normalized spacial score (nSPS) is 23.5. The van der Waals surface area contributed by atoms with E-state index in [-0.39, 0.29) is 4.90 Å². The van der Waals surface area contributed by atoms with Crippen LogP contribution < -0.4 is 5.73 Å². The Kier molecular flexibility index (Phi) is 3.63. The highest BCUT2D eigenvalue weighted by Gasteiger charge is 2.49. The van der Waals surface area contributed by atoms with Crippen molar-refractivity contribution < 1.29 is 17.9 Å². The van der Waals surface area contributed by atoms with E-state index in [0.717, 1.165) is 22.1 Å². The lowest BCUT2D eigenvalue weighted by Gasteiger charge is -2.36. The lowest BCUT2D eigenvalue weighted by Crippen LogP contribution is -2.48. The van der Waals surface area contributed by atoms with Crippen LogP contribution in [0.2, 0.25) is 0 Å². The van der Waals surface area contributed by atoms with Crippen LogP contribution in [-0.2, 0) is 31.6 Å². The molecule has 2 heterocycles. The Hall–Kier alpha value is -2.90. The monoisotopic (exact) mass is 408 g/mol. The summed E-state index contributed by atoms with van der Waals surface area (Å²) in [6.07, 6.45) is 3.81. The van der Waals surface area contributed by atoms with Crippen LogP contribution in [0.25, 0.3) is 10.9 Å². The maximum atomic E-state index is 13.4. The van der Waals surface area contributed by atoms with Crippen molar-refractivity contribution in [2.75, 3.05) is 0 Å². The molecule has 1 spiro atoms. The molecule has 148 valence electrons. The highest BCUT2D eigenvalue weighted by molar-refractivity contribution is 7.90. The number of fused-ring (bicyclic) bond motifs is 1. The average Bonchev–Trinajstić information content (AvgIpc) is 3.20. The van der Waals surface area contributed by atoms with Crippen molar-refractivity contribution >= 4 is 26.9 Å². The summed E-state index contributed by atoms with van der Waals surface area (Å²) in [7, 11) is -3.78. The van der Waals surface area contributed by atoms with E-state index in [0.29, 0.717) is 17.5 Å². The molecule has 2 aliphatic rings. The minimum absolute atomic E-state index is 0.221. The fraction of sp³-hybridized carbons (Fsp3) is 0.227. The molecule has 1 aromatic heterocycles. The maximum absolute atomic E-state index is 13.4. The third-order valence-electron chi connectivity index (χ3n) is 5.88. The second kappa shape index (κ2) is 5.81. The van der Waals surface area contributed by atoms with Gasteiger partial charge in [0.25, 0.3) is 10.0 Å². The molecule has 2 aromatic carbocycles. The smallest absolute Gasteiger partial charge is 0.334 e. The van der Waals surface area contributed by atoms with Crippen LogP contribution in [0.15, 0.2) is 65.2 Å². The van der Waals surface area contributed by atoms with Crippen molar-refractivity contribution in [2.24, 2.45) is 5.73 Å². The van der Waals surface area contributed by atoms with E-state index in [1.165, 1.54) is 3.97 Å². The highest BCUT2D eigenvalue weighted by atomic mass is 32.2. The zero-order chi connectivity index (χ0) is 20.6. The van der Waals surface area contributed by atoms with Gasteiger partial charge in [0.05, 0.1) is 16.5 Å². The Balaban J connectivity index is 1.77. The van der Waals surface area contributed by atoms with Crippen LogP contribution >= 0.6 is 0 Å². The van der Waals surface area contributed by atoms with Gasteiger partial charge in [-0.2, -0.15) is 0 Å². The van der Waals surface area contributed by atoms with Crippen molar-refractivity contribution in [1.29, 1.82) is 0 Å². The van der Waals surface area contributed by atoms with Gasteiger partial charge in [0, 0.05) is 22.7 Å². The number of esters is 1. The van der Waals surface area contributed by atoms with Crippen LogP contribution in [0.5, 0.6) is 0 Å². The Morgan fingerprint density at radius 3 is 2.52 bits per heavy atom. The van der Waals surface area contributed by atoms with E-state index in [2.05, 4.69) is 0 Å². The highest BCUT2D eigenvalue weighted by Crippen LogP contribution is 2.46. The van der Waals surface area contributed by atoms with Gasteiger partial charge in [-0.05, 0) is 50.1 Å². The van der Waals surface area contributed by atoms with Gasteiger partial charge in [0.2, 0.25) is 0 Å². The third kappa shape index (κ3) is 2.37. The van der Waals surface area contributed by atoms with Crippen molar-refractivity contribution in [3.8, 4) is 0 Å². The fourth-order valence-corrected chi connectivity index (χ4v) is 5.77. The van der Waals surface area contributed by atoms with E-state index in [9.17, 15) is 13.2 Å². The quantitative estimate of drug-likeness (QED) is 0.659. The van der Waals surface area contributed by atoms with E-state index in [4.69, 9.17) is 10.5 Å². The number of carbonyl (C=O) groups excluding carboxylic acids is 1. The molecular weight excluding hydrogens is 388 g/mol. The van der Waals surface area contributed by atoms with Gasteiger partial charge < -0.3 is 10.5 Å². The molecule has 0 amide bonds. The van der Waals surface area contributed by atoms with Crippen LogP contribution in [0.3, 0.4) is 0 Å². The Labute approximate surface area is 168 Å². The molecule has 2 N–H and O–H groups in total. The molecule has 1 aliphatic carbocycles. The minimum atomic E-state index is -3.78. The first-order chi connectivity index (χ1) is 13.7. The third-order valence-corrected chi connectivity index (χ3v) is 7.57. The number of aromatic nitrogens is 1. The second-order valence-electron chi connectivity index (χ2n) is 7.79. The molecule has 0 unspecified atom stereocenters. The summed E-state index contributed by atoms with van der Waals surface area (Å²) in [4.78, 5) is 12.4. The standard InChI is InChI=1S/C22H20N2O4S/c1-13-6-8-16(9-7-13)29(26,27)24-12-15-10-19(23)22(11-14(2)21(25)28-22)17-4-3-5-18(24)20(15)17/h3-9,11-12,19H,10,23H2,1-2H3/t19-,22-/m0/s1. The molecule has 7 heteroatoms. The molecule has 0 bridgehead atoms. The molecular formula is C22H20N2O4S. The number of hydrogen-bond donors (Lipinski definition) is 1. The molecule has 3 aromatic rings. The molecule has 6 nitrogen and oxygen atoms in total. The predicted octanol–water partition coefficient (Wildman–Crippen LogP) is 2.77. The van der Waals surface area contributed by atoms with Crippen molar-refractivity contribution in [2.45, 2.75) is 36.8 Å². The van der Waals surface area contributed by atoms with Gasteiger partial charge in [0.15, 0.2) is 5.60 Å². The number of nitrogens with zero attached hydrogens (tertiary/aromatic N) is 1. The Bertz CT molecular complexity index is 1320. The fourth-order valence-electron chi connectivity index (χ4n) is 4.39. The van der Waals surface area contributed by atoms with Crippen LogP contribution in [0.4, 0.5) is 0 Å². The van der Waals surface area contributed by atoms with Gasteiger partial charge in [-0.25, -0.2) is 17.2 Å². The van der Waals surface area contributed by atoms with Gasteiger partial charge in [0.1, 0.15) is 0 Å². The number of rotatable bonds is 2. The number of carbonyl (C=O) groups is 1. The number of hydrogen-bond acceptors (Lipinski definition) is 5. The van der Waals surface area contributed by atoms with Gasteiger partial charge in [-0.3, -0.25) is 0 Å². The number of benzene rings is 2.